The van der Waals surface area contributed by atoms with Crippen molar-refractivity contribution in [3.8, 4) is 0 Å². The second kappa shape index (κ2) is 4.70. The van der Waals surface area contributed by atoms with E-state index in [9.17, 15) is 13.9 Å². The highest BCUT2D eigenvalue weighted by molar-refractivity contribution is 5.21. The fraction of sp³-hybridized carbons (Fsp3) is 0.538. The van der Waals surface area contributed by atoms with E-state index in [1.54, 1.807) is 0 Å². The Morgan fingerprint density at radius 2 is 2.18 bits per heavy atom. The Morgan fingerprint density at radius 1 is 1.41 bits per heavy atom. The van der Waals surface area contributed by atoms with Gasteiger partial charge in [0.15, 0.2) is 0 Å². The van der Waals surface area contributed by atoms with Crippen LogP contribution in [0, 0.1) is 11.6 Å². The van der Waals surface area contributed by atoms with Gasteiger partial charge in [0, 0.05) is 19.0 Å². The van der Waals surface area contributed by atoms with Crippen molar-refractivity contribution in [2.75, 3.05) is 20.1 Å². The molecule has 94 valence electrons. The second-order valence-electron chi connectivity index (χ2n) is 4.98. The van der Waals surface area contributed by atoms with Crippen LogP contribution in [-0.4, -0.2) is 35.7 Å². The molecule has 1 aromatic carbocycles. The molecule has 1 heterocycles. The molecule has 0 saturated carbocycles. The predicted octanol–water partition coefficient (Wildman–Crippen LogP) is 1.96. The maximum Gasteiger partial charge on any atom is 0.129 e. The normalized spacial score (nSPS) is 26.1. The number of hydrogen-bond donors (Lipinski definition) is 1. The average Bonchev–Trinajstić information content (AvgIpc) is 2.22. The van der Waals surface area contributed by atoms with Gasteiger partial charge in [-0.05, 0) is 38.1 Å². The van der Waals surface area contributed by atoms with Gasteiger partial charge < -0.3 is 10.0 Å². The van der Waals surface area contributed by atoms with E-state index >= 15 is 0 Å². The van der Waals surface area contributed by atoms with E-state index in [0.717, 1.165) is 19.0 Å². The van der Waals surface area contributed by atoms with E-state index in [4.69, 9.17) is 0 Å². The average molecular weight is 241 g/mol. The first kappa shape index (κ1) is 12.5. The van der Waals surface area contributed by atoms with Crippen molar-refractivity contribution in [1.82, 2.24) is 4.90 Å². The zero-order valence-electron chi connectivity index (χ0n) is 9.92. The number of rotatable bonds is 2. The van der Waals surface area contributed by atoms with E-state index < -0.39 is 17.2 Å². The number of aliphatic hydroxyl groups is 1. The Hall–Kier alpha value is -1.00. The predicted molar refractivity (Wildman–Crippen MR) is 61.7 cm³/mol. The molecule has 0 aromatic heterocycles. The quantitative estimate of drug-likeness (QED) is 0.855. The molecule has 2 rings (SSSR count). The summed E-state index contributed by atoms with van der Waals surface area (Å²) < 4.78 is 26.3. The summed E-state index contributed by atoms with van der Waals surface area (Å²) in [5.41, 5.74) is -0.518. The van der Waals surface area contributed by atoms with Gasteiger partial charge in [0.1, 0.15) is 11.6 Å². The number of likely N-dealkylation sites (N-methyl/N-ethyl adjacent to an activating group) is 1. The van der Waals surface area contributed by atoms with Crippen LogP contribution in [0.3, 0.4) is 0 Å². The molecule has 1 N–H and O–H groups in total. The molecule has 1 aromatic rings. The van der Waals surface area contributed by atoms with Crippen molar-refractivity contribution < 1.29 is 13.9 Å². The Balaban J connectivity index is 2.14. The summed E-state index contributed by atoms with van der Waals surface area (Å²) in [5, 5.41) is 10.4. The third kappa shape index (κ3) is 3.01. The van der Waals surface area contributed by atoms with Gasteiger partial charge in [0.05, 0.1) is 5.60 Å². The van der Waals surface area contributed by atoms with Gasteiger partial charge in [-0.2, -0.15) is 0 Å². The lowest BCUT2D eigenvalue weighted by atomic mass is 9.86. The van der Waals surface area contributed by atoms with Crippen LogP contribution in [0.1, 0.15) is 18.4 Å². The maximum absolute atomic E-state index is 13.5. The van der Waals surface area contributed by atoms with E-state index in [0.29, 0.717) is 18.5 Å². The van der Waals surface area contributed by atoms with Crippen LogP contribution < -0.4 is 0 Å². The first-order chi connectivity index (χ1) is 7.98. The zero-order chi connectivity index (χ0) is 12.5. The highest BCUT2D eigenvalue weighted by atomic mass is 19.1. The molecule has 1 unspecified atom stereocenters. The Morgan fingerprint density at radius 3 is 2.82 bits per heavy atom. The molecular weight excluding hydrogens is 224 g/mol. The first-order valence-corrected chi connectivity index (χ1v) is 5.83. The lowest BCUT2D eigenvalue weighted by Gasteiger charge is -2.37. The molecule has 0 amide bonds. The summed E-state index contributed by atoms with van der Waals surface area (Å²) in [6.45, 7) is 1.48. The molecule has 1 aliphatic heterocycles. The molecule has 17 heavy (non-hydrogen) atoms. The van der Waals surface area contributed by atoms with Crippen molar-refractivity contribution in [1.29, 1.82) is 0 Å². The minimum Gasteiger partial charge on any atom is -0.388 e. The van der Waals surface area contributed by atoms with E-state index in [1.807, 2.05) is 11.9 Å². The summed E-state index contributed by atoms with van der Waals surface area (Å²) in [6.07, 6.45) is 1.80. The van der Waals surface area contributed by atoms with Gasteiger partial charge in [-0.15, -0.1) is 0 Å². The lowest BCUT2D eigenvalue weighted by molar-refractivity contribution is -0.0229. The highest BCUT2D eigenvalue weighted by Crippen LogP contribution is 2.25. The zero-order valence-corrected chi connectivity index (χ0v) is 9.92. The van der Waals surface area contributed by atoms with E-state index in [2.05, 4.69) is 0 Å². The molecular formula is C13H17F2NO. The molecule has 0 radical (unpaired) electrons. The minimum absolute atomic E-state index is 0.240. The summed E-state index contributed by atoms with van der Waals surface area (Å²) in [6, 6.07) is 3.51. The Labute approximate surface area is 99.9 Å². The molecule has 2 nitrogen and oxygen atoms in total. The highest BCUT2D eigenvalue weighted by Gasteiger charge is 2.32. The number of hydrogen-bond acceptors (Lipinski definition) is 2. The molecule has 1 saturated heterocycles. The fourth-order valence-corrected chi connectivity index (χ4v) is 2.50. The van der Waals surface area contributed by atoms with Crippen LogP contribution in [-0.2, 0) is 6.42 Å². The summed E-state index contributed by atoms with van der Waals surface area (Å²) in [7, 11) is 1.94. The van der Waals surface area contributed by atoms with Gasteiger partial charge in [0.25, 0.3) is 0 Å². The Bertz CT molecular complexity index is 410. The molecule has 0 spiro atoms. The molecule has 0 bridgehead atoms. The van der Waals surface area contributed by atoms with Crippen molar-refractivity contribution in [3.63, 3.8) is 0 Å². The third-order valence-electron chi connectivity index (χ3n) is 3.28. The van der Waals surface area contributed by atoms with Crippen LogP contribution in [0.4, 0.5) is 8.78 Å². The molecule has 1 fully saturated rings. The summed E-state index contributed by atoms with van der Waals surface area (Å²) in [4.78, 5) is 2.03. The van der Waals surface area contributed by atoms with Gasteiger partial charge in [-0.25, -0.2) is 8.78 Å². The van der Waals surface area contributed by atoms with Crippen LogP contribution in [0.2, 0.25) is 0 Å². The molecule has 4 heteroatoms. The van der Waals surface area contributed by atoms with Gasteiger partial charge in [-0.1, -0.05) is 6.07 Å². The number of β-amino-alcohol motifs (C(OH)–C–C–N with tert-alkyl or cyclic N) is 1. The summed E-state index contributed by atoms with van der Waals surface area (Å²) >= 11 is 0. The molecule has 0 aliphatic carbocycles. The van der Waals surface area contributed by atoms with Crippen LogP contribution >= 0.6 is 0 Å². The van der Waals surface area contributed by atoms with Crippen LogP contribution in [0.15, 0.2) is 18.2 Å². The van der Waals surface area contributed by atoms with Crippen molar-refractivity contribution in [3.05, 3.63) is 35.4 Å². The fourth-order valence-electron chi connectivity index (χ4n) is 2.50. The monoisotopic (exact) mass is 241 g/mol. The van der Waals surface area contributed by atoms with E-state index in [-0.39, 0.29) is 6.42 Å². The number of halogens is 2. The number of piperidine rings is 1. The van der Waals surface area contributed by atoms with Crippen molar-refractivity contribution in [2.24, 2.45) is 0 Å². The summed E-state index contributed by atoms with van der Waals surface area (Å²) in [5.74, 6) is -1.16. The molecule has 1 atom stereocenters. The minimum atomic E-state index is -0.897. The smallest absolute Gasteiger partial charge is 0.129 e. The van der Waals surface area contributed by atoms with Gasteiger partial charge in [0.2, 0.25) is 0 Å². The number of likely N-dealkylation sites (tertiary alicyclic amines) is 1. The lowest BCUT2D eigenvalue weighted by Crippen LogP contribution is -2.48. The third-order valence-corrected chi connectivity index (χ3v) is 3.28. The van der Waals surface area contributed by atoms with Crippen molar-refractivity contribution >= 4 is 0 Å². The standard InChI is InChI=1S/C13H17F2NO/c1-16-6-2-5-13(17,9-16)8-10-3-4-11(14)7-12(10)15/h3-4,7,17H,2,5-6,8-9H2,1H3. The first-order valence-electron chi connectivity index (χ1n) is 5.83. The second-order valence-corrected chi connectivity index (χ2v) is 4.98. The SMILES string of the molecule is CN1CCCC(O)(Cc2ccc(F)cc2F)C1. The number of benzene rings is 1. The van der Waals surface area contributed by atoms with Gasteiger partial charge in [-0.3, -0.25) is 0 Å². The van der Waals surface area contributed by atoms with Gasteiger partial charge >= 0.3 is 0 Å². The van der Waals surface area contributed by atoms with Crippen LogP contribution in [0.5, 0.6) is 0 Å². The van der Waals surface area contributed by atoms with E-state index in [1.165, 1.54) is 12.1 Å². The molecule has 1 aliphatic rings. The van der Waals surface area contributed by atoms with Crippen LogP contribution in [0.25, 0.3) is 0 Å². The van der Waals surface area contributed by atoms with Crippen molar-refractivity contribution in [2.45, 2.75) is 24.9 Å². The number of nitrogens with zero attached hydrogens (tertiary/aromatic N) is 1. The largest absolute Gasteiger partial charge is 0.388 e. The topological polar surface area (TPSA) is 23.5 Å². The Kier molecular flexibility index (Phi) is 3.45. The maximum atomic E-state index is 13.5.